The Bertz CT molecular complexity index is 1310. The Labute approximate surface area is 178 Å². The molecule has 158 valence electrons. The minimum atomic E-state index is -4.59. The van der Waals surface area contributed by atoms with Gasteiger partial charge in [-0.15, -0.1) is 0 Å². The van der Waals surface area contributed by atoms with Crippen LogP contribution in [0.15, 0.2) is 36.5 Å². The molecule has 0 radical (unpaired) electrons. The topological polar surface area (TPSA) is 85.6 Å². The minimum Gasteiger partial charge on any atom is -0.321 e. The van der Waals surface area contributed by atoms with Gasteiger partial charge in [0.05, 0.1) is 5.69 Å². The Morgan fingerprint density at radius 1 is 1.23 bits per heavy atom. The molecule has 1 amide bonds. The number of carbonyl (C=O) groups is 1. The van der Waals surface area contributed by atoms with E-state index in [2.05, 4.69) is 24.9 Å². The van der Waals surface area contributed by atoms with Crippen LogP contribution in [0.2, 0.25) is 0 Å². The average molecular weight is 444 g/mol. The molecule has 0 spiro atoms. The number of alkyl halides is 3. The molecular weight excluding hydrogens is 429 g/mol. The summed E-state index contributed by atoms with van der Waals surface area (Å²) in [5, 5.41) is 11.3. The predicted molar refractivity (Wildman–Crippen MR) is 109 cm³/mol. The van der Waals surface area contributed by atoms with Crippen LogP contribution in [0.4, 0.5) is 18.9 Å². The minimum absolute atomic E-state index is 0.0278. The summed E-state index contributed by atoms with van der Waals surface area (Å²) in [5.41, 5.74) is 2.64. The van der Waals surface area contributed by atoms with Crippen molar-refractivity contribution in [1.29, 1.82) is 0 Å². The summed E-state index contributed by atoms with van der Waals surface area (Å²) in [4.78, 5) is 18.2. The van der Waals surface area contributed by atoms with Gasteiger partial charge in [-0.2, -0.15) is 32.5 Å². The second-order valence-corrected chi connectivity index (χ2v) is 8.07. The maximum atomic E-state index is 13.0. The Kier molecular flexibility index (Phi) is 4.50. The first-order valence-corrected chi connectivity index (χ1v) is 10.2. The maximum Gasteiger partial charge on any atom is 0.433 e. The Balaban J connectivity index is 1.53. The van der Waals surface area contributed by atoms with E-state index in [1.165, 1.54) is 10.9 Å². The predicted octanol–water partition coefficient (Wildman–Crippen LogP) is 4.64. The lowest BCUT2D eigenvalue weighted by Crippen LogP contribution is -2.14. The zero-order valence-corrected chi connectivity index (χ0v) is 17.0. The first-order valence-electron chi connectivity index (χ1n) is 9.46. The quantitative estimate of drug-likeness (QED) is 0.496. The number of hydrogen-bond donors (Lipinski definition) is 1. The molecule has 0 aliphatic heterocycles. The molecule has 0 atom stereocenters. The molecule has 1 aliphatic carbocycles. The van der Waals surface area contributed by atoms with Crippen LogP contribution >= 0.6 is 11.5 Å². The second-order valence-electron chi connectivity index (χ2n) is 7.29. The molecule has 5 rings (SSSR count). The molecule has 1 N–H and O–H groups in total. The number of aryl methyl sites for hydroxylation is 1. The van der Waals surface area contributed by atoms with Crippen molar-refractivity contribution in [1.82, 2.24) is 24.4 Å². The Morgan fingerprint density at radius 2 is 2.03 bits per heavy atom. The van der Waals surface area contributed by atoms with Crippen molar-refractivity contribution in [3.05, 3.63) is 52.7 Å². The van der Waals surface area contributed by atoms with Gasteiger partial charge in [0.15, 0.2) is 0 Å². The molecule has 1 fully saturated rings. The zero-order valence-electron chi connectivity index (χ0n) is 16.1. The van der Waals surface area contributed by atoms with Crippen molar-refractivity contribution >= 4 is 34.2 Å². The number of carbonyl (C=O) groups excluding carboxylic acids is 1. The molecule has 7 nitrogen and oxygen atoms in total. The van der Waals surface area contributed by atoms with E-state index in [9.17, 15) is 18.0 Å². The fourth-order valence-electron chi connectivity index (χ4n) is 3.49. The van der Waals surface area contributed by atoms with Crippen molar-refractivity contribution in [2.45, 2.75) is 24.9 Å². The van der Waals surface area contributed by atoms with Crippen molar-refractivity contribution < 1.29 is 18.0 Å². The van der Waals surface area contributed by atoms with Crippen molar-refractivity contribution in [2.24, 2.45) is 7.05 Å². The lowest BCUT2D eigenvalue weighted by molar-refractivity contribution is -0.141. The molecule has 0 unspecified atom stereocenters. The number of aromatic nitrogens is 5. The van der Waals surface area contributed by atoms with Gasteiger partial charge in [0.25, 0.3) is 5.91 Å². The Hall–Kier alpha value is -3.34. The highest BCUT2D eigenvalue weighted by atomic mass is 32.1. The van der Waals surface area contributed by atoms with Gasteiger partial charge in [-0.3, -0.25) is 9.78 Å². The van der Waals surface area contributed by atoms with Gasteiger partial charge in [0, 0.05) is 30.1 Å². The van der Waals surface area contributed by atoms with Gasteiger partial charge in [-0.25, -0.2) is 0 Å². The summed E-state index contributed by atoms with van der Waals surface area (Å²) >= 11 is 1.04. The number of rotatable bonds is 4. The van der Waals surface area contributed by atoms with Crippen molar-refractivity contribution in [2.75, 3.05) is 5.32 Å². The molecule has 0 saturated heterocycles. The molecule has 3 aromatic heterocycles. The molecule has 1 saturated carbocycles. The van der Waals surface area contributed by atoms with Crippen LogP contribution < -0.4 is 5.32 Å². The number of anilines is 1. The SMILES string of the molecule is Cn1nc2cccc(-c3nsc(C(=O)Nc4ccnc(C(F)(F)F)c4)c3C3CC3)c2n1. The number of nitrogens with zero attached hydrogens (tertiary/aromatic N) is 5. The van der Waals surface area contributed by atoms with Crippen LogP contribution in [-0.2, 0) is 13.2 Å². The second kappa shape index (κ2) is 7.12. The fourth-order valence-corrected chi connectivity index (χ4v) is 4.36. The third-order valence-corrected chi connectivity index (χ3v) is 5.86. The van der Waals surface area contributed by atoms with Crippen LogP contribution in [0.3, 0.4) is 0 Å². The van der Waals surface area contributed by atoms with E-state index >= 15 is 0 Å². The number of pyridine rings is 1. The van der Waals surface area contributed by atoms with Crippen molar-refractivity contribution in [3.8, 4) is 11.3 Å². The zero-order chi connectivity index (χ0) is 21.8. The number of halogens is 3. The van der Waals surface area contributed by atoms with Gasteiger partial charge in [-0.05, 0) is 48.5 Å². The number of amides is 1. The summed E-state index contributed by atoms with van der Waals surface area (Å²) in [6.45, 7) is 0. The Morgan fingerprint density at radius 3 is 2.77 bits per heavy atom. The molecule has 31 heavy (non-hydrogen) atoms. The molecule has 4 aromatic rings. The summed E-state index contributed by atoms with van der Waals surface area (Å²) in [5.74, 6) is -0.305. The van der Waals surface area contributed by atoms with Gasteiger partial charge in [0.1, 0.15) is 21.6 Å². The number of benzene rings is 1. The molecular formula is C20H15F3N6OS. The molecule has 0 bridgehead atoms. The smallest absolute Gasteiger partial charge is 0.321 e. The average Bonchev–Trinajstić information content (AvgIpc) is 3.34. The summed E-state index contributed by atoms with van der Waals surface area (Å²) in [6.07, 6.45) is -1.72. The van der Waals surface area contributed by atoms with Crippen LogP contribution in [-0.4, -0.2) is 30.3 Å². The molecule has 1 aromatic carbocycles. The van der Waals surface area contributed by atoms with Crippen LogP contribution in [0.1, 0.15) is 39.7 Å². The van der Waals surface area contributed by atoms with E-state index in [4.69, 9.17) is 0 Å². The number of hydrogen-bond acceptors (Lipinski definition) is 6. The lowest BCUT2D eigenvalue weighted by Gasteiger charge is -2.09. The molecule has 1 aliphatic rings. The van der Waals surface area contributed by atoms with E-state index in [0.717, 1.165) is 53.3 Å². The van der Waals surface area contributed by atoms with Gasteiger partial charge >= 0.3 is 6.18 Å². The monoisotopic (exact) mass is 444 g/mol. The van der Waals surface area contributed by atoms with E-state index < -0.39 is 17.8 Å². The van der Waals surface area contributed by atoms with E-state index in [0.29, 0.717) is 16.1 Å². The first kappa shape index (κ1) is 19.6. The standard InChI is InChI=1S/C20H15F3N6OS/c1-29-26-13-4-2-3-12(16(13)27-29)17-15(10-5-6-10)18(31-28-17)19(30)25-11-7-8-24-14(9-11)20(21,22)23/h2-4,7-10H,5-6H2,1H3,(H,24,25,30). The number of fused-ring (bicyclic) bond motifs is 1. The third-order valence-electron chi connectivity index (χ3n) is 5.00. The van der Waals surface area contributed by atoms with Gasteiger partial charge in [0.2, 0.25) is 0 Å². The fraction of sp³-hybridized carbons (Fsp3) is 0.250. The summed E-state index contributed by atoms with van der Waals surface area (Å²) in [7, 11) is 1.73. The largest absolute Gasteiger partial charge is 0.433 e. The molecule has 3 heterocycles. The van der Waals surface area contributed by atoms with Gasteiger partial charge < -0.3 is 5.32 Å². The van der Waals surface area contributed by atoms with E-state index in [1.807, 2.05) is 18.2 Å². The maximum absolute atomic E-state index is 13.0. The number of nitrogens with one attached hydrogen (secondary N) is 1. The van der Waals surface area contributed by atoms with Crippen LogP contribution in [0.5, 0.6) is 0 Å². The summed E-state index contributed by atoms with van der Waals surface area (Å²) < 4.78 is 43.3. The normalized spacial score (nSPS) is 14.2. The summed E-state index contributed by atoms with van der Waals surface area (Å²) in [6, 6.07) is 7.74. The highest BCUT2D eigenvalue weighted by molar-refractivity contribution is 7.08. The lowest BCUT2D eigenvalue weighted by atomic mass is 10.0. The van der Waals surface area contributed by atoms with E-state index in [-0.39, 0.29) is 11.6 Å². The van der Waals surface area contributed by atoms with E-state index in [1.54, 1.807) is 7.05 Å². The third kappa shape index (κ3) is 3.65. The highest BCUT2D eigenvalue weighted by Gasteiger charge is 2.35. The van der Waals surface area contributed by atoms with Crippen LogP contribution in [0, 0.1) is 0 Å². The van der Waals surface area contributed by atoms with Crippen molar-refractivity contribution in [3.63, 3.8) is 0 Å². The highest BCUT2D eigenvalue weighted by Crippen LogP contribution is 2.48. The van der Waals surface area contributed by atoms with Crippen LogP contribution in [0.25, 0.3) is 22.3 Å². The molecule has 11 heteroatoms. The van der Waals surface area contributed by atoms with Gasteiger partial charge in [-0.1, -0.05) is 12.1 Å². The first-order chi connectivity index (χ1) is 14.8.